The Balaban J connectivity index is 2.27. The third-order valence-corrected chi connectivity index (χ3v) is 3.39. The second-order valence-electron chi connectivity index (χ2n) is 4.77. The maximum Gasteiger partial charge on any atom is 0.237 e. The molecule has 3 nitrogen and oxygen atoms in total. The number of nitrogens with two attached hydrogens (primary N) is 1. The maximum absolute atomic E-state index is 11.7. The van der Waals surface area contributed by atoms with Gasteiger partial charge < -0.3 is 11.1 Å². The van der Waals surface area contributed by atoms with E-state index in [1.54, 1.807) is 0 Å². The van der Waals surface area contributed by atoms with Gasteiger partial charge in [-0.1, -0.05) is 33.1 Å². The Kier molecular flexibility index (Phi) is 5.09. The molecule has 0 spiro atoms. The molecule has 1 rings (SSSR count). The molecule has 0 saturated heterocycles. The van der Waals surface area contributed by atoms with Crippen molar-refractivity contribution in [3.63, 3.8) is 0 Å². The number of hydrogen-bond acceptors (Lipinski definition) is 2. The van der Waals surface area contributed by atoms with Gasteiger partial charge in [0, 0.05) is 6.04 Å². The molecule has 0 bridgehead atoms. The van der Waals surface area contributed by atoms with Gasteiger partial charge in [-0.2, -0.15) is 0 Å². The SMILES string of the molecule is CCCCC(N)C(=O)NC1CCCC1C. The summed E-state index contributed by atoms with van der Waals surface area (Å²) in [5.74, 6) is 0.662. The van der Waals surface area contributed by atoms with Crippen LogP contribution >= 0.6 is 0 Å². The minimum atomic E-state index is -0.308. The molecule has 0 aromatic carbocycles. The topological polar surface area (TPSA) is 55.1 Å². The monoisotopic (exact) mass is 212 g/mol. The quantitative estimate of drug-likeness (QED) is 0.730. The summed E-state index contributed by atoms with van der Waals surface area (Å²) in [5.41, 5.74) is 5.81. The molecule has 3 N–H and O–H groups in total. The third kappa shape index (κ3) is 3.82. The van der Waals surface area contributed by atoms with Crippen molar-refractivity contribution in [2.45, 2.75) is 64.5 Å². The third-order valence-electron chi connectivity index (χ3n) is 3.39. The van der Waals surface area contributed by atoms with Crippen LogP contribution in [0, 0.1) is 5.92 Å². The van der Waals surface area contributed by atoms with Crippen LogP contribution in [0.25, 0.3) is 0 Å². The van der Waals surface area contributed by atoms with Crippen molar-refractivity contribution in [2.75, 3.05) is 0 Å². The smallest absolute Gasteiger partial charge is 0.237 e. The molecule has 1 saturated carbocycles. The number of nitrogens with one attached hydrogen (secondary N) is 1. The van der Waals surface area contributed by atoms with Crippen molar-refractivity contribution in [3.8, 4) is 0 Å². The fraction of sp³-hybridized carbons (Fsp3) is 0.917. The Morgan fingerprint density at radius 2 is 2.27 bits per heavy atom. The van der Waals surface area contributed by atoms with E-state index in [0.29, 0.717) is 12.0 Å². The summed E-state index contributed by atoms with van der Waals surface area (Å²) in [5, 5.41) is 3.07. The Morgan fingerprint density at radius 3 is 2.80 bits per heavy atom. The molecular formula is C12H24N2O. The summed E-state index contributed by atoms with van der Waals surface area (Å²) in [6.07, 6.45) is 6.53. The standard InChI is InChI=1S/C12H24N2O/c1-3-4-7-10(13)12(15)14-11-8-5-6-9(11)2/h9-11H,3-8,13H2,1-2H3,(H,14,15). The van der Waals surface area contributed by atoms with E-state index in [0.717, 1.165) is 25.7 Å². The van der Waals surface area contributed by atoms with Gasteiger partial charge in [0.1, 0.15) is 0 Å². The summed E-state index contributed by atoms with van der Waals surface area (Å²) in [6.45, 7) is 4.32. The molecule has 0 aromatic rings. The minimum Gasteiger partial charge on any atom is -0.352 e. The Bertz CT molecular complexity index is 206. The first-order valence-electron chi connectivity index (χ1n) is 6.21. The normalized spacial score (nSPS) is 27.7. The van der Waals surface area contributed by atoms with Gasteiger partial charge in [0.25, 0.3) is 0 Å². The number of amides is 1. The molecule has 0 aliphatic heterocycles. The summed E-state index contributed by atoms with van der Waals surface area (Å²) < 4.78 is 0. The predicted octanol–water partition coefficient (Wildman–Crippen LogP) is 1.81. The zero-order valence-corrected chi connectivity index (χ0v) is 9.96. The lowest BCUT2D eigenvalue weighted by atomic mass is 10.0. The zero-order chi connectivity index (χ0) is 11.3. The molecular weight excluding hydrogens is 188 g/mol. The summed E-state index contributed by atoms with van der Waals surface area (Å²) in [7, 11) is 0. The zero-order valence-electron chi connectivity index (χ0n) is 9.96. The number of unbranched alkanes of at least 4 members (excludes halogenated alkanes) is 1. The van der Waals surface area contributed by atoms with Crippen LogP contribution in [0.4, 0.5) is 0 Å². The first-order valence-corrected chi connectivity index (χ1v) is 6.21. The van der Waals surface area contributed by atoms with E-state index in [-0.39, 0.29) is 11.9 Å². The lowest BCUT2D eigenvalue weighted by Crippen LogP contribution is -2.46. The van der Waals surface area contributed by atoms with E-state index in [9.17, 15) is 4.79 Å². The molecule has 3 atom stereocenters. The molecule has 3 heteroatoms. The molecule has 15 heavy (non-hydrogen) atoms. The van der Waals surface area contributed by atoms with E-state index < -0.39 is 0 Å². The molecule has 0 aromatic heterocycles. The van der Waals surface area contributed by atoms with Gasteiger partial charge >= 0.3 is 0 Å². The Morgan fingerprint density at radius 1 is 1.53 bits per heavy atom. The van der Waals surface area contributed by atoms with Crippen LogP contribution in [0.2, 0.25) is 0 Å². The first kappa shape index (κ1) is 12.5. The molecule has 0 heterocycles. The van der Waals surface area contributed by atoms with Crippen molar-refractivity contribution in [1.29, 1.82) is 0 Å². The Labute approximate surface area is 92.8 Å². The van der Waals surface area contributed by atoms with Crippen LogP contribution in [0.1, 0.15) is 52.4 Å². The van der Waals surface area contributed by atoms with Crippen molar-refractivity contribution in [1.82, 2.24) is 5.32 Å². The fourth-order valence-electron chi connectivity index (χ4n) is 2.20. The second kappa shape index (κ2) is 6.11. The van der Waals surface area contributed by atoms with Crippen LogP contribution in [0.15, 0.2) is 0 Å². The lowest BCUT2D eigenvalue weighted by molar-refractivity contribution is -0.123. The van der Waals surface area contributed by atoms with Crippen molar-refractivity contribution >= 4 is 5.91 Å². The van der Waals surface area contributed by atoms with Crippen LogP contribution in [0.5, 0.6) is 0 Å². The molecule has 1 aliphatic carbocycles. The van der Waals surface area contributed by atoms with E-state index in [4.69, 9.17) is 5.73 Å². The minimum absolute atomic E-state index is 0.0437. The summed E-state index contributed by atoms with van der Waals surface area (Å²) in [6, 6.07) is 0.0583. The van der Waals surface area contributed by atoms with E-state index in [1.807, 2.05) is 0 Å². The molecule has 1 aliphatic rings. The average Bonchev–Trinajstić information content (AvgIpc) is 2.61. The summed E-state index contributed by atoms with van der Waals surface area (Å²) >= 11 is 0. The molecule has 1 fully saturated rings. The van der Waals surface area contributed by atoms with Gasteiger partial charge in [-0.3, -0.25) is 4.79 Å². The van der Waals surface area contributed by atoms with Gasteiger partial charge in [-0.15, -0.1) is 0 Å². The maximum atomic E-state index is 11.7. The van der Waals surface area contributed by atoms with Crippen molar-refractivity contribution in [2.24, 2.45) is 11.7 Å². The molecule has 3 unspecified atom stereocenters. The van der Waals surface area contributed by atoms with Gasteiger partial charge in [-0.25, -0.2) is 0 Å². The van der Waals surface area contributed by atoms with Gasteiger partial charge in [0.15, 0.2) is 0 Å². The van der Waals surface area contributed by atoms with Gasteiger partial charge in [0.2, 0.25) is 5.91 Å². The highest BCUT2D eigenvalue weighted by molar-refractivity contribution is 5.81. The highest BCUT2D eigenvalue weighted by Crippen LogP contribution is 2.24. The number of hydrogen-bond donors (Lipinski definition) is 2. The van der Waals surface area contributed by atoms with E-state index in [1.165, 1.54) is 12.8 Å². The number of carbonyl (C=O) groups excluding carboxylic acids is 1. The van der Waals surface area contributed by atoms with Crippen LogP contribution in [-0.2, 0) is 4.79 Å². The highest BCUT2D eigenvalue weighted by Gasteiger charge is 2.26. The highest BCUT2D eigenvalue weighted by atomic mass is 16.2. The molecule has 88 valence electrons. The first-order chi connectivity index (χ1) is 7.15. The van der Waals surface area contributed by atoms with Crippen molar-refractivity contribution < 1.29 is 4.79 Å². The molecule has 0 radical (unpaired) electrons. The van der Waals surface area contributed by atoms with Crippen LogP contribution in [-0.4, -0.2) is 18.0 Å². The van der Waals surface area contributed by atoms with Crippen LogP contribution < -0.4 is 11.1 Å². The average molecular weight is 212 g/mol. The largest absolute Gasteiger partial charge is 0.352 e. The van der Waals surface area contributed by atoms with Gasteiger partial charge in [0.05, 0.1) is 6.04 Å². The number of rotatable bonds is 5. The van der Waals surface area contributed by atoms with Crippen LogP contribution in [0.3, 0.4) is 0 Å². The summed E-state index contributed by atoms with van der Waals surface area (Å²) in [4.78, 5) is 11.7. The van der Waals surface area contributed by atoms with Crippen molar-refractivity contribution in [3.05, 3.63) is 0 Å². The number of carbonyl (C=O) groups is 1. The molecule has 1 amide bonds. The predicted molar refractivity (Wildman–Crippen MR) is 62.4 cm³/mol. The Hall–Kier alpha value is -0.570. The van der Waals surface area contributed by atoms with Gasteiger partial charge in [-0.05, 0) is 25.2 Å². The lowest BCUT2D eigenvalue weighted by Gasteiger charge is -2.20. The van der Waals surface area contributed by atoms with E-state index >= 15 is 0 Å². The van der Waals surface area contributed by atoms with E-state index in [2.05, 4.69) is 19.2 Å². The fourth-order valence-corrected chi connectivity index (χ4v) is 2.20. The second-order valence-corrected chi connectivity index (χ2v) is 4.77.